The summed E-state index contributed by atoms with van der Waals surface area (Å²) in [4.78, 5) is 19.5. The molecule has 3 atom stereocenters. The third kappa shape index (κ3) is 7.02. The summed E-state index contributed by atoms with van der Waals surface area (Å²) >= 11 is 1.87. The van der Waals surface area contributed by atoms with Crippen molar-refractivity contribution in [2.45, 2.75) is 43.1 Å². The molecule has 4 rings (SSSR count). The molecule has 0 amide bonds. The molecule has 1 aliphatic heterocycles. The first-order valence-electron chi connectivity index (χ1n) is 12.7. The van der Waals surface area contributed by atoms with E-state index in [-0.39, 0.29) is 6.42 Å². The highest BCUT2D eigenvalue weighted by Gasteiger charge is 2.30. The topological polar surface area (TPSA) is 87.8 Å². The molecule has 7 nitrogen and oxygen atoms in total. The normalized spacial score (nSPS) is 19.4. The van der Waals surface area contributed by atoms with Crippen LogP contribution in [0.25, 0.3) is 10.9 Å². The second kappa shape index (κ2) is 12.6. The molecule has 36 heavy (non-hydrogen) atoms. The van der Waals surface area contributed by atoms with Gasteiger partial charge >= 0.3 is 5.97 Å². The summed E-state index contributed by atoms with van der Waals surface area (Å²) in [6.07, 6.45) is 8.81. The standard InChI is InChI=1S/C28H37N3O4S/c1-30-13-11-23(19-30)36-16-15-31-14-10-20(21(18-31)4-8-28(33)34)3-7-27(32)24-9-12-29-26-6-5-22(35-2)17-25(24)26/h5-6,9,11-13,17,19-21,27,32H,3-4,7-8,10,14-16,18H2,1-2H3,(H,33,34)/t20?,21?,27-/m0/s1. The summed E-state index contributed by atoms with van der Waals surface area (Å²) < 4.78 is 7.44. The van der Waals surface area contributed by atoms with Crippen molar-refractivity contribution in [2.75, 3.05) is 32.5 Å². The lowest BCUT2D eigenvalue weighted by Gasteiger charge is -2.39. The molecule has 0 spiro atoms. The number of nitrogens with zero attached hydrogens (tertiary/aromatic N) is 3. The number of carboxylic acid groups (broad SMARTS) is 1. The van der Waals surface area contributed by atoms with Crippen LogP contribution in [0.1, 0.15) is 43.8 Å². The van der Waals surface area contributed by atoms with Crippen molar-refractivity contribution in [2.24, 2.45) is 18.9 Å². The number of rotatable bonds is 12. The SMILES string of the molecule is COc1ccc2nccc([C@@H](O)CCC3CCN(CCSc4ccn(C)c4)CC3CCC(=O)O)c2c1. The zero-order valence-corrected chi connectivity index (χ0v) is 22.0. The molecule has 8 heteroatoms. The van der Waals surface area contributed by atoms with Crippen LogP contribution in [-0.2, 0) is 11.8 Å². The maximum atomic E-state index is 11.3. The summed E-state index contributed by atoms with van der Waals surface area (Å²) in [5.41, 5.74) is 1.71. The van der Waals surface area contributed by atoms with Gasteiger partial charge in [-0.05, 0) is 80.0 Å². The minimum Gasteiger partial charge on any atom is -0.497 e. The lowest BCUT2D eigenvalue weighted by atomic mass is 9.79. The Morgan fingerprint density at radius 1 is 1.25 bits per heavy atom. The number of aryl methyl sites for hydroxylation is 1. The smallest absolute Gasteiger partial charge is 0.303 e. The van der Waals surface area contributed by atoms with Gasteiger partial charge in [0, 0.05) is 61.2 Å². The number of hydrogen-bond donors (Lipinski definition) is 2. The molecule has 0 saturated carbocycles. The van der Waals surface area contributed by atoms with Gasteiger partial charge in [-0.1, -0.05) is 0 Å². The summed E-state index contributed by atoms with van der Waals surface area (Å²) in [6.45, 7) is 2.96. The fraction of sp³-hybridized carbons (Fsp3) is 0.500. The highest BCUT2D eigenvalue weighted by atomic mass is 32.2. The van der Waals surface area contributed by atoms with E-state index in [1.165, 1.54) is 4.90 Å². The number of methoxy groups -OCH3 is 1. The van der Waals surface area contributed by atoms with E-state index in [2.05, 4.69) is 32.9 Å². The molecule has 1 aromatic carbocycles. The van der Waals surface area contributed by atoms with Crippen molar-refractivity contribution in [3.63, 3.8) is 0 Å². The molecule has 1 saturated heterocycles. The number of aliphatic hydroxyl groups excluding tert-OH is 1. The van der Waals surface area contributed by atoms with Gasteiger partial charge in [0.15, 0.2) is 0 Å². The number of thioether (sulfide) groups is 1. The van der Waals surface area contributed by atoms with Crippen LogP contribution < -0.4 is 4.74 Å². The number of ether oxygens (including phenoxy) is 1. The second-order valence-electron chi connectivity index (χ2n) is 9.78. The molecule has 2 N–H and O–H groups in total. The van der Waals surface area contributed by atoms with Gasteiger partial charge in [-0.15, -0.1) is 11.8 Å². The lowest BCUT2D eigenvalue weighted by Crippen LogP contribution is -2.41. The molecule has 1 aliphatic rings. The molecule has 0 bridgehead atoms. The van der Waals surface area contributed by atoms with Crippen LogP contribution in [0.2, 0.25) is 0 Å². The predicted molar refractivity (Wildman–Crippen MR) is 144 cm³/mol. The Kier molecular flexibility index (Phi) is 9.29. The number of carbonyl (C=O) groups is 1. The molecule has 2 aromatic heterocycles. The van der Waals surface area contributed by atoms with Crippen LogP contribution in [0, 0.1) is 11.8 Å². The van der Waals surface area contributed by atoms with E-state index in [4.69, 9.17) is 4.74 Å². The zero-order chi connectivity index (χ0) is 25.5. The van der Waals surface area contributed by atoms with Gasteiger partial charge in [-0.3, -0.25) is 9.78 Å². The molecular weight excluding hydrogens is 474 g/mol. The first-order chi connectivity index (χ1) is 17.4. The first kappa shape index (κ1) is 26.5. The number of pyridine rings is 1. The van der Waals surface area contributed by atoms with E-state index < -0.39 is 12.1 Å². The third-order valence-corrected chi connectivity index (χ3v) is 8.30. The van der Waals surface area contributed by atoms with Gasteiger partial charge in [0.1, 0.15) is 5.75 Å². The van der Waals surface area contributed by atoms with Crippen molar-refractivity contribution in [1.82, 2.24) is 14.5 Å². The van der Waals surface area contributed by atoms with Crippen molar-refractivity contribution in [3.8, 4) is 5.75 Å². The summed E-state index contributed by atoms with van der Waals surface area (Å²) in [7, 11) is 3.67. The van der Waals surface area contributed by atoms with E-state index in [0.29, 0.717) is 24.7 Å². The van der Waals surface area contributed by atoms with Gasteiger partial charge in [0.05, 0.1) is 18.7 Å². The number of fused-ring (bicyclic) bond motifs is 1. The number of aliphatic carboxylic acids is 1. The molecule has 3 heterocycles. The molecule has 194 valence electrons. The van der Waals surface area contributed by atoms with Crippen molar-refractivity contribution in [3.05, 3.63) is 54.5 Å². The van der Waals surface area contributed by atoms with E-state index in [0.717, 1.165) is 60.4 Å². The van der Waals surface area contributed by atoms with Crippen molar-refractivity contribution < 1.29 is 19.7 Å². The zero-order valence-electron chi connectivity index (χ0n) is 21.2. The average Bonchev–Trinajstić information content (AvgIpc) is 3.30. The van der Waals surface area contributed by atoms with Crippen LogP contribution in [0.15, 0.2) is 53.8 Å². The lowest BCUT2D eigenvalue weighted by molar-refractivity contribution is -0.137. The van der Waals surface area contributed by atoms with Gasteiger partial charge < -0.3 is 24.4 Å². The van der Waals surface area contributed by atoms with E-state index >= 15 is 0 Å². The average molecular weight is 512 g/mol. The van der Waals surface area contributed by atoms with Crippen LogP contribution >= 0.6 is 11.8 Å². The Balaban J connectivity index is 1.35. The first-order valence-corrected chi connectivity index (χ1v) is 13.7. The number of benzene rings is 1. The monoisotopic (exact) mass is 511 g/mol. The van der Waals surface area contributed by atoms with Crippen molar-refractivity contribution >= 4 is 28.6 Å². The predicted octanol–water partition coefficient (Wildman–Crippen LogP) is 4.99. The third-order valence-electron chi connectivity index (χ3n) is 7.34. The van der Waals surface area contributed by atoms with Crippen LogP contribution in [0.4, 0.5) is 0 Å². The Morgan fingerprint density at radius 3 is 2.86 bits per heavy atom. The summed E-state index contributed by atoms with van der Waals surface area (Å²) in [5, 5.41) is 21.3. The second-order valence-corrected chi connectivity index (χ2v) is 10.9. The fourth-order valence-corrected chi connectivity index (χ4v) is 6.31. The van der Waals surface area contributed by atoms with Crippen LogP contribution in [0.5, 0.6) is 5.75 Å². The number of hydrogen-bond acceptors (Lipinski definition) is 6. The van der Waals surface area contributed by atoms with Gasteiger partial charge in [-0.2, -0.15) is 0 Å². The molecule has 2 unspecified atom stereocenters. The Bertz CT molecular complexity index is 1150. The minimum absolute atomic E-state index is 0.200. The van der Waals surface area contributed by atoms with E-state index in [1.807, 2.05) is 43.1 Å². The number of aliphatic hydroxyl groups is 1. The van der Waals surface area contributed by atoms with Gasteiger partial charge in [0.2, 0.25) is 0 Å². The van der Waals surface area contributed by atoms with Crippen LogP contribution in [-0.4, -0.2) is 63.1 Å². The maximum Gasteiger partial charge on any atom is 0.303 e. The Hall–Kier alpha value is -2.55. The fourth-order valence-electron chi connectivity index (χ4n) is 5.32. The van der Waals surface area contributed by atoms with Gasteiger partial charge in [-0.25, -0.2) is 0 Å². The molecule has 1 fully saturated rings. The summed E-state index contributed by atoms with van der Waals surface area (Å²) in [5.74, 6) is 1.79. The summed E-state index contributed by atoms with van der Waals surface area (Å²) in [6, 6.07) is 9.76. The highest BCUT2D eigenvalue weighted by Crippen LogP contribution is 2.35. The number of likely N-dealkylation sites (tertiary alicyclic amines) is 1. The number of carboxylic acids is 1. The van der Waals surface area contributed by atoms with E-state index in [1.54, 1.807) is 13.3 Å². The largest absolute Gasteiger partial charge is 0.497 e. The molecule has 0 radical (unpaired) electrons. The Morgan fingerprint density at radius 2 is 2.11 bits per heavy atom. The van der Waals surface area contributed by atoms with E-state index in [9.17, 15) is 15.0 Å². The quantitative estimate of drug-likeness (QED) is 0.331. The Labute approximate surface area is 217 Å². The van der Waals surface area contributed by atoms with Gasteiger partial charge in [0.25, 0.3) is 0 Å². The molecular formula is C28H37N3O4S. The number of aromatic nitrogens is 2. The highest BCUT2D eigenvalue weighted by molar-refractivity contribution is 7.99. The van der Waals surface area contributed by atoms with Crippen molar-refractivity contribution in [1.29, 1.82) is 0 Å². The molecule has 0 aliphatic carbocycles. The minimum atomic E-state index is -0.734. The molecule has 3 aromatic rings. The maximum absolute atomic E-state index is 11.3. The van der Waals surface area contributed by atoms with Crippen LogP contribution in [0.3, 0.4) is 0 Å². The number of piperidine rings is 1.